The first-order valence-corrected chi connectivity index (χ1v) is 9.02. The summed E-state index contributed by atoms with van der Waals surface area (Å²) in [6.07, 6.45) is 0.969. The van der Waals surface area contributed by atoms with Crippen LogP contribution >= 0.6 is 12.2 Å². The van der Waals surface area contributed by atoms with Gasteiger partial charge in [-0.2, -0.15) is 0 Å². The molecule has 3 nitrogen and oxygen atoms in total. The molecule has 0 atom stereocenters. The molecule has 132 valence electrons. The summed E-state index contributed by atoms with van der Waals surface area (Å²) in [5, 5.41) is 6.02. The fraction of sp³-hybridized carbons (Fsp3) is 0.333. The van der Waals surface area contributed by atoms with Gasteiger partial charge in [-0.3, -0.25) is 10.1 Å². The highest BCUT2D eigenvalue weighted by Gasteiger charge is 2.14. The van der Waals surface area contributed by atoms with Crippen LogP contribution in [0.1, 0.15) is 50.0 Å². The molecule has 1 aromatic rings. The standard InChI is InChI=1S/C15H22N2OS.C6H4/c1-5-10-16-14(19)17-13(18)11-6-8-12(9-7-11)15(2,3)4;1-2-6-4-3-5(1)6/h6-9H,5,10H2,1-4H3,(H2,16,17,18,19);1-4H. The smallest absolute Gasteiger partial charge is 0.257 e. The number of amides is 1. The lowest BCUT2D eigenvalue weighted by Crippen LogP contribution is -2.39. The summed E-state index contributed by atoms with van der Waals surface area (Å²) in [5.41, 5.74) is 4.77. The maximum atomic E-state index is 11.9. The van der Waals surface area contributed by atoms with E-state index in [-0.39, 0.29) is 11.3 Å². The number of hydrogen-bond donors (Lipinski definition) is 2. The molecule has 0 unspecified atom stereocenters. The largest absolute Gasteiger partial charge is 0.362 e. The molecule has 4 heteroatoms. The summed E-state index contributed by atoms with van der Waals surface area (Å²) in [5.74, 6) is -0.172. The molecular weight excluding hydrogens is 328 g/mol. The monoisotopic (exact) mass is 354 g/mol. The molecule has 3 rings (SSSR count). The topological polar surface area (TPSA) is 41.1 Å². The van der Waals surface area contributed by atoms with Gasteiger partial charge in [0.2, 0.25) is 0 Å². The van der Waals surface area contributed by atoms with Crippen molar-refractivity contribution in [2.45, 2.75) is 39.5 Å². The van der Waals surface area contributed by atoms with E-state index in [0.29, 0.717) is 10.7 Å². The molecule has 0 saturated carbocycles. The molecule has 0 spiro atoms. The lowest BCUT2D eigenvalue weighted by Gasteiger charge is -2.19. The highest BCUT2D eigenvalue weighted by atomic mass is 32.1. The van der Waals surface area contributed by atoms with Crippen molar-refractivity contribution in [2.75, 3.05) is 6.54 Å². The van der Waals surface area contributed by atoms with Crippen LogP contribution in [0.3, 0.4) is 0 Å². The van der Waals surface area contributed by atoms with E-state index >= 15 is 0 Å². The molecule has 2 aliphatic carbocycles. The van der Waals surface area contributed by atoms with E-state index in [9.17, 15) is 4.79 Å². The summed E-state index contributed by atoms with van der Waals surface area (Å²) in [6.45, 7) is 9.24. The number of fused-ring (bicyclic) bond motifs is 1. The van der Waals surface area contributed by atoms with E-state index in [2.05, 4.69) is 55.7 Å². The third-order valence-electron chi connectivity index (χ3n) is 3.99. The van der Waals surface area contributed by atoms with Crippen molar-refractivity contribution in [1.82, 2.24) is 10.6 Å². The molecular formula is C21H26N2OS. The van der Waals surface area contributed by atoms with E-state index in [1.807, 2.05) is 31.2 Å². The molecule has 2 aliphatic rings. The lowest BCUT2D eigenvalue weighted by atomic mass is 9.87. The van der Waals surface area contributed by atoms with Crippen molar-refractivity contribution >= 4 is 23.2 Å². The molecule has 0 radical (unpaired) electrons. The van der Waals surface area contributed by atoms with Crippen LogP contribution in [0, 0.1) is 0 Å². The average molecular weight is 355 g/mol. The van der Waals surface area contributed by atoms with E-state index in [1.165, 1.54) is 16.7 Å². The number of thiocarbonyl (C=S) groups is 1. The number of benzene rings is 2. The maximum absolute atomic E-state index is 11.9. The Morgan fingerprint density at radius 2 is 1.48 bits per heavy atom. The first-order valence-electron chi connectivity index (χ1n) is 8.61. The normalized spacial score (nSPS) is 11.0. The van der Waals surface area contributed by atoms with Gasteiger partial charge in [-0.25, -0.2) is 0 Å². The fourth-order valence-corrected chi connectivity index (χ4v) is 2.44. The minimum Gasteiger partial charge on any atom is -0.362 e. The summed E-state index contributed by atoms with van der Waals surface area (Å²) in [7, 11) is 0. The predicted molar refractivity (Wildman–Crippen MR) is 109 cm³/mol. The fourth-order valence-electron chi connectivity index (χ4n) is 2.24. The Kier molecular flexibility index (Phi) is 6.32. The second-order valence-electron chi connectivity index (χ2n) is 7.11. The molecule has 0 heterocycles. The highest BCUT2D eigenvalue weighted by Crippen LogP contribution is 2.29. The Morgan fingerprint density at radius 1 is 0.960 bits per heavy atom. The van der Waals surface area contributed by atoms with Crippen molar-refractivity contribution in [3.8, 4) is 11.1 Å². The van der Waals surface area contributed by atoms with Crippen LogP contribution in [0.15, 0.2) is 48.5 Å². The number of nitrogens with one attached hydrogen (secondary N) is 2. The highest BCUT2D eigenvalue weighted by molar-refractivity contribution is 7.80. The summed E-state index contributed by atoms with van der Waals surface area (Å²) in [6, 6.07) is 16.1. The maximum Gasteiger partial charge on any atom is 0.257 e. The van der Waals surface area contributed by atoms with Gasteiger partial charge in [0, 0.05) is 12.1 Å². The molecule has 1 aromatic carbocycles. The first-order chi connectivity index (χ1) is 11.8. The van der Waals surface area contributed by atoms with Crippen LogP contribution in [0.25, 0.3) is 11.1 Å². The van der Waals surface area contributed by atoms with Crippen LogP contribution in [-0.4, -0.2) is 17.6 Å². The molecule has 0 bridgehead atoms. The van der Waals surface area contributed by atoms with Crippen molar-refractivity contribution < 1.29 is 4.79 Å². The number of hydrogen-bond acceptors (Lipinski definition) is 2. The van der Waals surface area contributed by atoms with Gasteiger partial charge in [-0.1, -0.05) is 64.1 Å². The van der Waals surface area contributed by atoms with Gasteiger partial charge >= 0.3 is 0 Å². The van der Waals surface area contributed by atoms with E-state index in [4.69, 9.17) is 12.2 Å². The molecule has 0 aliphatic heterocycles. The number of rotatable bonds is 3. The van der Waals surface area contributed by atoms with Gasteiger partial charge in [0.25, 0.3) is 5.91 Å². The van der Waals surface area contributed by atoms with Crippen LogP contribution in [0.4, 0.5) is 0 Å². The summed E-state index contributed by atoms with van der Waals surface area (Å²) >= 11 is 5.04. The quantitative estimate of drug-likeness (QED) is 0.672. The lowest BCUT2D eigenvalue weighted by molar-refractivity contribution is 0.0976. The minimum absolute atomic E-state index is 0.0903. The molecule has 25 heavy (non-hydrogen) atoms. The van der Waals surface area contributed by atoms with Gasteiger partial charge in [0.15, 0.2) is 5.11 Å². The first kappa shape index (κ1) is 19.1. The Hall–Kier alpha value is -2.20. The Bertz CT molecular complexity index is 707. The molecule has 1 amide bonds. The molecule has 2 N–H and O–H groups in total. The molecule has 0 aromatic heterocycles. The van der Waals surface area contributed by atoms with Crippen molar-refractivity contribution in [1.29, 1.82) is 0 Å². The molecule has 0 saturated heterocycles. The van der Waals surface area contributed by atoms with Crippen LogP contribution in [0.2, 0.25) is 0 Å². The van der Waals surface area contributed by atoms with Gasteiger partial charge < -0.3 is 5.32 Å². The van der Waals surface area contributed by atoms with Gasteiger partial charge in [-0.15, -0.1) is 0 Å². The second-order valence-corrected chi connectivity index (χ2v) is 7.52. The van der Waals surface area contributed by atoms with Gasteiger partial charge in [0.05, 0.1) is 0 Å². The average Bonchev–Trinajstić information content (AvgIpc) is 2.56. The van der Waals surface area contributed by atoms with Crippen LogP contribution in [0.5, 0.6) is 0 Å². The third kappa shape index (κ3) is 5.40. The zero-order chi connectivity index (χ0) is 18.4. The van der Waals surface area contributed by atoms with E-state index in [1.54, 1.807) is 0 Å². The Balaban J connectivity index is 0.000000306. The van der Waals surface area contributed by atoms with Crippen LogP contribution in [-0.2, 0) is 5.41 Å². The van der Waals surface area contributed by atoms with Gasteiger partial charge in [-0.05, 0) is 52.9 Å². The summed E-state index contributed by atoms with van der Waals surface area (Å²) < 4.78 is 0. The second kappa shape index (κ2) is 8.26. The van der Waals surface area contributed by atoms with E-state index < -0.39 is 0 Å². The zero-order valence-electron chi connectivity index (χ0n) is 15.3. The zero-order valence-corrected chi connectivity index (χ0v) is 16.2. The van der Waals surface area contributed by atoms with Crippen molar-refractivity contribution in [3.63, 3.8) is 0 Å². The van der Waals surface area contributed by atoms with Crippen LogP contribution < -0.4 is 10.6 Å². The van der Waals surface area contributed by atoms with Crippen molar-refractivity contribution in [3.05, 3.63) is 59.7 Å². The third-order valence-corrected chi connectivity index (χ3v) is 4.24. The summed E-state index contributed by atoms with van der Waals surface area (Å²) in [4.78, 5) is 11.9. The molecule has 0 fully saturated rings. The Labute approximate surface area is 155 Å². The SMILES string of the molecule is CCCNC(=S)NC(=O)c1ccc(C(C)(C)C)cc1.c1cc2ccc1-2. The Morgan fingerprint density at radius 3 is 1.84 bits per heavy atom. The van der Waals surface area contributed by atoms with Gasteiger partial charge in [0.1, 0.15) is 0 Å². The number of carbonyl (C=O) groups excluding carboxylic acids is 1. The van der Waals surface area contributed by atoms with Crippen molar-refractivity contribution in [2.24, 2.45) is 0 Å². The van der Waals surface area contributed by atoms with E-state index in [0.717, 1.165) is 13.0 Å². The number of carbonyl (C=O) groups is 1. The minimum atomic E-state index is -0.172. The predicted octanol–water partition coefficient (Wildman–Crippen LogP) is 4.67.